The Balaban J connectivity index is 2.45. The molecule has 0 aliphatic heterocycles. The van der Waals surface area contributed by atoms with E-state index in [1.807, 2.05) is 13.8 Å². The standard InChI is InChI=1S/C12H20F3N3O2/c1-4-5-16-9(3)8(2)11-17-10(18-20-11)6-19-7-12(13,14)15/h8-9,16H,4-7H2,1-3H3. The molecule has 0 aliphatic carbocycles. The number of aromatic nitrogens is 2. The van der Waals surface area contributed by atoms with E-state index in [4.69, 9.17) is 4.52 Å². The molecule has 2 unspecified atom stereocenters. The number of rotatable bonds is 8. The van der Waals surface area contributed by atoms with Crippen LogP contribution in [0.2, 0.25) is 0 Å². The smallest absolute Gasteiger partial charge is 0.364 e. The highest BCUT2D eigenvalue weighted by atomic mass is 19.4. The molecule has 1 N–H and O–H groups in total. The SMILES string of the molecule is CCCNC(C)C(C)c1nc(COCC(F)(F)F)no1. The highest BCUT2D eigenvalue weighted by Gasteiger charge is 2.28. The van der Waals surface area contributed by atoms with Crippen LogP contribution in [0, 0.1) is 0 Å². The van der Waals surface area contributed by atoms with Crippen molar-refractivity contribution in [1.29, 1.82) is 0 Å². The van der Waals surface area contributed by atoms with Crippen LogP contribution >= 0.6 is 0 Å². The molecule has 0 aromatic carbocycles. The average molecular weight is 295 g/mol. The summed E-state index contributed by atoms with van der Waals surface area (Å²) in [4.78, 5) is 4.05. The molecule has 0 saturated carbocycles. The molecule has 20 heavy (non-hydrogen) atoms. The lowest BCUT2D eigenvalue weighted by Gasteiger charge is -2.17. The van der Waals surface area contributed by atoms with Crippen molar-refractivity contribution in [2.24, 2.45) is 0 Å². The first kappa shape index (κ1) is 16.9. The van der Waals surface area contributed by atoms with Crippen molar-refractivity contribution in [3.8, 4) is 0 Å². The van der Waals surface area contributed by atoms with Gasteiger partial charge < -0.3 is 14.6 Å². The third-order valence-electron chi connectivity index (χ3n) is 2.84. The number of halogens is 3. The van der Waals surface area contributed by atoms with Gasteiger partial charge in [0.15, 0.2) is 5.82 Å². The van der Waals surface area contributed by atoms with Crippen molar-refractivity contribution in [3.05, 3.63) is 11.7 Å². The molecule has 0 radical (unpaired) electrons. The summed E-state index contributed by atoms with van der Waals surface area (Å²) >= 11 is 0. The van der Waals surface area contributed by atoms with Gasteiger partial charge in [-0.1, -0.05) is 19.0 Å². The molecule has 0 amide bonds. The highest BCUT2D eigenvalue weighted by molar-refractivity contribution is 4.95. The maximum absolute atomic E-state index is 11.9. The largest absolute Gasteiger partial charge is 0.411 e. The zero-order chi connectivity index (χ0) is 15.2. The zero-order valence-electron chi connectivity index (χ0n) is 11.8. The van der Waals surface area contributed by atoms with Crippen molar-refractivity contribution in [2.75, 3.05) is 13.2 Å². The van der Waals surface area contributed by atoms with Crippen LogP contribution in [0.3, 0.4) is 0 Å². The number of hydrogen-bond donors (Lipinski definition) is 1. The van der Waals surface area contributed by atoms with E-state index in [0.29, 0.717) is 5.89 Å². The zero-order valence-corrected chi connectivity index (χ0v) is 11.8. The van der Waals surface area contributed by atoms with Crippen LogP contribution in [0.1, 0.15) is 44.8 Å². The molecule has 1 aromatic heterocycles. The van der Waals surface area contributed by atoms with Crippen molar-refractivity contribution in [3.63, 3.8) is 0 Å². The summed E-state index contributed by atoms with van der Waals surface area (Å²) in [6, 6.07) is 0.138. The van der Waals surface area contributed by atoms with Gasteiger partial charge in [0.2, 0.25) is 5.89 Å². The second-order valence-electron chi connectivity index (χ2n) is 4.69. The lowest BCUT2D eigenvalue weighted by Crippen LogP contribution is -2.31. The number of ether oxygens (including phenoxy) is 1. The maximum Gasteiger partial charge on any atom is 0.411 e. The van der Waals surface area contributed by atoms with E-state index >= 15 is 0 Å². The van der Waals surface area contributed by atoms with Gasteiger partial charge in [0.1, 0.15) is 13.2 Å². The molecule has 0 spiro atoms. The minimum Gasteiger partial charge on any atom is -0.364 e. The molecule has 0 saturated heterocycles. The molecule has 1 aromatic rings. The van der Waals surface area contributed by atoms with Gasteiger partial charge in [-0.2, -0.15) is 18.2 Å². The van der Waals surface area contributed by atoms with E-state index in [1.165, 1.54) is 0 Å². The quantitative estimate of drug-likeness (QED) is 0.799. The van der Waals surface area contributed by atoms with Crippen molar-refractivity contribution < 1.29 is 22.4 Å². The van der Waals surface area contributed by atoms with Gasteiger partial charge in [-0.3, -0.25) is 0 Å². The van der Waals surface area contributed by atoms with Gasteiger partial charge in [0.05, 0.1) is 5.92 Å². The van der Waals surface area contributed by atoms with Crippen LogP contribution in [0.15, 0.2) is 4.52 Å². The fourth-order valence-corrected chi connectivity index (χ4v) is 1.53. The summed E-state index contributed by atoms with van der Waals surface area (Å²) in [6.07, 6.45) is -3.34. The minimum absolute atomic E-state index is 0.0228. The molecule has 116 valence electrons. The fourth-order valence-electron chi connectivity index (χ4n) is 1.53. The Morgan fingerprint density at radius 2 is 2.05 bits per heavy atom. The van der Waals surface area contributed by atoms with Gasteiger partial charge in [-0.15, -0.1) is 0 Å². The lowest BCUT2D eigenvalue weighted by atomic mass is 10.0. The van der Waals surface area contributed by atoms with E-state index < -0.39 is 12.8 Å². The summed E-state index contributed by atoms with van der Waals surface area (Å²) in [5.41, 5.74) is 0. The summed E-state index contributed by atoms with van der Waals surface area (Å²) < 4.78 is 45.3. The van der Waals surface area contributed by atoms with Crippen LogP contribution in [0.5, 0.6) is 0 Å². The summed E-state index contributed by atoms with van der Waals surface area (Å²) in [7, 11) is 0. The van der Waals surface area contributed by atoms with Crippen LogP contribution in [0.4, 0.5) is 13.2 Å². The number of nitrogens with zero attached hydrogens (tertiary/aromatic N) is 2. The summed E-state index contributed by atoms with van der Waals surface area (Å²) in [5, 5.41) is 6.91. The highest BCUT2D eigenvalue weighted by Crippen LogP contribution is 2.18. The van der Waals surface area contributed by atoms with Gasteiger partial charge in [0, 0.05) is 6.04 Å². The van der Waals surface area contributed by atoms with E-state index in [9.17, 15) is 13.2 Å². The maximum atomic E-state index is 11.9. The first-order valence-electron chi connectivity index (χ1n) is 6.53. The van der Waals surface area contributed by atoms with Crippen LogP contribution in [0.25, 0.3) is 0 Å². The molecule has 0 fully saturated rings. The molecular weight excluding hydrogens is 275 g/mol. The Hall–Kier alpha value is -1.15. The fraction of sp³-hybridized carbons (Fsp3) is 0.833. The normalized spacial score (nSPS) is 15.3. The second-order valence-corrected chi connectivity index (χ2v) is 4.69. The van der Waals surface area contributed by atoms with E-state index in [2.05, 4.69) is 27.1 Å². The Morgan fingerprint density at radius 1 is 1.35 bits per heavy atom. The van der Waals surface area contributed by atoms with Gasteiger partial charge >= 0.3 is 6.18 Å². The molecule has 0 aliphatic rings. The van der Waals surface area contributed by atoms with Crippen LogP contribution < -0.4 is 5.32 Å². The summed E-state index contributed by atoms with van der Waals surface area (Å²) in [5.74, 6) is 0.496. The van der Waals surface area contributed by atoms with Gasteiger partial charge in [-0.05, 0) is 19.9 Å². The first-order valence-corrected chi connectivity index (χ1v) is 6.53. The average Bonchev–Trinajstić information content (AvgIpc) is 2.82. The molecule has 2 atom stereocenters. The van der Waals surface area contributed by atoms with Crippen molar-refractivity contribution in [1.82, 2.24) is 15.5 Å². The monoisotopic (exact) mass is 295 g/mol. The molecular formula is C12H20F3N3O2. The van der Waals surface area contributed by atoms with E-state index in [-0.39, 0.29) is 24.4 Å². The topological polar surface area (TPSA) is 60.2 Å². The minimum atomic E-state index is -4.35. The third-order valence-corrected chi connectivity index (χ3v) is 2.84. The Bertz CT molecular complexity index is 396. The molecule has 8 heteroatoms. The van der Waals surface area contributed by atoms with Crippen molar-refractivity contribution >= 4 is 0 Å². The lowest BCUT2D eigenvalue weighted by molar-refractivity contribution is -0.177. The van der Waals surface area contributed by atoms with Gasteiger partial charge in [-0.25, -0.2) is 0 Å². The first-order chi connectivity index (χ1) is 9.33. The van der Waals surface area contributed by atoms with Crippen LogP contribution in [-0.4, -0.2) is 35.5 Å². The van der Waals surface area contributed by atoms with E-state index in [0.717, 1.165) is 13.0 Å². The number of alkyl halides is 3. The molecule has 1 heterocycles. The summed E-state index contributed by atoms with van der Waals surface area (Å²) in [6.45, 7) is 5.22. The number of nitrogens with one attached hydrogen (secondary N) is 1. The Kier molecular flexibility index (Phi) is 6.41. The van der Waals surface area contributed by atoms with E-state index in [1.54, 1.807) is 0 Å². The van der Waals surface area contributed by atoms with Crippen molar-refractivity contribution in [2.45, 2.75) is 51.9 Å². The van der Waals surface area contributed by atoms with Crippen LogP contribution in [-0.2, 0) is 11.3 Å². The predicted octanol–water partition coefficient (Wildman–Crippen LogP) is 2.64. The predicted molar refractivity (Wildman–Crippen MR) is 66.2 cm³/mol. The molecule has 0 bridgehead atoms. The molecule has 1 rings (SSSR count). The number of hydrogen-bond acceptors (Lipinski definition) is 5. The second kappa shape index (κ2) is 7.58. The molecule has 5 nitrogen and oxygen atoms in total. The Morgan fingerprint density at radius 3 is 2.65 bits per heavy atom. The van der Waals surface area contributed by atoms with Gasteiger partial charge in [0.25, 0.3) is 0 Å². The third kappa shape index (κ3) is 5.87. The Labute approximate surface area is 115 Å².